The molecule has 0 spiro atoms. The summed E-state index contributed by atoms with van der Waals surface area (Å²) in [5.74, 6) is 0.472. The van der Waals surface area contributed by atoms with Gasteiger partial charge in [-0.25, -0.2) is 0 Å². The van der Waals surface area contributed by atoms with Crippen molar-refractivity contribution < 1.29 is 19.4 Å². The number of benzene rings is 1. The van der Waals surface area contributed by atoms with Crippen molar-refractivity contribution in [3.63, 3.8) is 0 Å². The van der Waals surface area contributed by atoms with Crippen molar-refractivity contribution in [3.8, 4) is 5.75 Å². The van der Waals surface area contributed by atoms with E-state index < -0.39 is 0 Å². The molecule has 0 aromatic heterocycles. The third-order valence-electron chi connectivity index (χ3n) is 3.22. The lowest BCUT2D eigenvalue weighted by atomic mass is 10.1. The molecule has 116 valence electrons. The van der Waals surface area contributed by atoms with Crippen LogP contribution in [0.4, 0.5) is 0 Å². The highest BCUT2D eigenvalue weighted by Gasteiger charge is 2.15. The first-order chi connectivity index (χ1) is 9.97. The van der Waals surface area contributed by atoms with Gasteiger partial charge in [0.1, 0.15) is 5.75 Å². The SMILES string of the molecule is CCC(=O)c1ccc(OCC(=O)N[C@@H](CO)C(C)C)cc1. The van der Waals surface area contributed by atoms with Gasteiger partial charge < -0.3 is 15.2 Å². The van der Waals surface area contributed by atoms with Crippen molar-refractivity contribution in [1.29, 1.82) is 0 Å². The maximum atomic E-state index is 11.7. The molecular formula is C16H23NO4. The van der Waals surface area contributed by atoms with Crippen molar-refractivity contribution in [2.24, 2.45) is 5.92 Å². The standard InChI is InChI=1S/C16H23NO4/c1-4-15(19)12-5-7-13(8-6-12)21-10-16(20)17-14(9-18)11(2)3/h5-8,11,14,18H,4,9-10H2,1-3H3,(H,17,20)/t14-/m0/s1. The number of aliphatic hydroxyl groups excluding tert-OH is 1. The van der Waals surface area contributed by atoms with Gasteiger partial charge in [0, 0.05) is 12.0 Å². The van der Waals surface area contributed by atoms with Crippen LogP contribution in [-0.4, -0.2) is 36.1 Å². The van der Waals surface area contributed by atoms with Gasteiger partial charge in [0.05, 0.1) is 12.6 Å². The van der Waals surface area contributed by atoms with E-state index in [1.165, 1.54) is 0 Å². The topological polar surface area (TPSA) is 75.6 Å². The highest BCUT2D eigenvalue weighted by Crippen LogP contribution is 2.13. The Labute approximate surface area is 125 Å². The zero-order valence-corrected chi connectivity index (χ0v) is 12.8. The minimum absolute atomic E-state index is 0.0713. The summed E-state index contributed by atoms with van der Waals surface area (Å²) in [5.41, 5.74) is 0.634. The Bertz CT molecular complexity index is 468. The van der Waals surface area contributed by atoms with Gasteiger partial charge in [0.25, 0.3) is 5.91 Å². The molecule has 0 saturated carbocycles. The first kappa shape index (κ1) is 17.2. The molecule has 2 N–H and O–H groups in total. The molecular weight excluding hydrogens is 270 g/mol. The number of carbonyl (C=O) groups is 2. The minimum atomic E-state index is -0.281. The van der Waals surface area contributed by atoms with Crippen LogP contribution in [0.1, 0.15) is 37.6 Å². The van der Waals surface area contributed by atoms with Crippen LogP contribution in [0.15, 0.2) is 24.3 Å². The number of hydrogen-bond donors (Lipinski definition) is 2. The summed E-state index contributed by atoms with van der Waals surface area (Å²) in [4.78, 5) is 23.2. The molecule has 1 aromatic rings. The molecule has 1 amide bonds. The molecule has 5 heteroatoms. The minimum Gasteiger partial charge on any atom is -0.484 e. The predicted molar refractivity (Wildman–Crippen MR) is 80.4 cm³/mol. The molecule has 5 nitrogen and oxygen atoms in total. The third kappa shape index (κ3) is 5.55. The number of Topliss-reactive ketones (excluding diaryl/α,β-unsaturated/α-hetero) is 1. The molecule has 0 bridgehead atoms. The number of amides is 1. The lowest BCUT2D eigenvalue weighted by Gasteiger charge is -2.19. The summed E-state index contributed by atoms with van der Waals surface area (Å²) in [6.07, 6.45) is 0.459. The van der Waals surface area contributed by atoms with Gasteiger partial charge in [0.15, 0.2) is 12.4 Å². The number of ketones is 1. The van der Waals surface area contributed by atoms with Crippen LogP contribution in [0.3, 0.4) is 0 Å². The maximum absolute atomic E-state index is 11.7. The van der Waals surface area contributed by atoms with Crippen LogP contribution in [-0.2, 0) is 4.79 Å². The monoisotopic (exact) mass is 293 g/mol. The second-order valence-electron chi connectivity index (χ2n) is 5.19. The van der Waals surface area contributed by atoms with Gasteiger partial charge in [-0.3, -0.25) is 9.59 Å². The van der Waals surface area contributed by atoms with E-state index in [1.54, 1.807) is 24.3 Å². The van der Waals surface area contributed by atoms with Crippen molar-refractivity contribution in [3.05, 3.63) is 29.8 Å². The van der Waals surface area contributed by atoms with Gasteiger partial charge in [-0.15, -0.1) is 0 Å². The zero-order chi connectivity index (χ0) is 15.8. The molecule has 0 aliphatic rings. The van der Waals surface area contributed by atoms with E-state index in [2.05, 4.69) is 5.32 Å². The fourth-order valence-corrected chi connectivity index (χ4v) is 1.76. The van der Waals surface area contributed by atoms with Crippen molar-refractivity contribution in [2.45, 2.75) is 33.2 Å². The Kier molecular flexibility index (Phi) is 6.88. The summed E-state index contributed by atoms with van der Waals surface area (Å²) in [6.45, 7) is 5.43. The fourth-order valence-electron chi connectivity index (χ4n) is 1.76. The molecule has 0 unspecified atom stereocenters. The van der Waals surface area contributed by atoms with Gasteiger partial charge in [-0.05, 0) is 30.2 Å². The Balaban J connectivity index is 2.48. The first-order valence-corrected chi connectivity index (χ1v) is 7.14. The Morgan fingerprint density at radius 2 is 1.86 bits per heavy atom. The van der Waals surface area contributed by atoms with Gasteiger partial charge >= 0.3 is 0 Å². The normalized spacial score (nSPS) is 12.0. The van der Waals surface area contributed by atoms with E-state index in [4.69, 9.17) is 9.84 Å². The lowest BCUT2D eigenvalue weighted by Crippen LogP contribution is -2.43. The van der Waals surface area contributed by atoms with E-state index in [1.807, 2.05) is 20.8 Å². The van der Waals surface area contributed by atoms with E-state index >= 15 is 0 Å². The van der Waals surface area contributed by atoms with Crippen LogP contribution in [0.2, 0.25) is 0 Å². The smallest absolute Gasteiger partial charge is 0.258 e. The maximum Gasteiger partial charge on any atom is 0.258 e. The van der Waals surface area contributed by atoms with Crippen LogP contribution < -0.4 is 10.1 Å². The summed E-state index contributed by atoms with van der Waals surface area (Å²) in [6, 6.07) is 6.43. The van der Waals surface area contributed by atoms with Crippen LogP contribution in [0.5, 0.6) is 5.75 Å². The average Bonchev–Trinajstić information content (AvgIpc) is 2.49. The second-order valence-corrected chi connectivity index (χ2v) is 5.19. The number of rotatable bonds is 8. The molecule has 1 aromatic carbocycles. The number of hydrogen-bond acceptors (Lipinski definition) is 4. The zero-order valence-electron chi connectivity index (χ0n) is 12.8. The average molecular weight is 293 g/mol. The van der Waals surface area contributed by atoms with Crippen LogP contribution in [0.25, 0.3) is 0 Å². The summed E-state index contributed by atoms with van der Waals surface area (Å²) in [7, 11) is 0. The van der Waals surface area contributed by atoms with Gasteiger partial charge in [0.2, 0.25) is 0 Å². The Morgan fingerprint density at radius 1 is 1.24 bits per heavy atom. The van der Waals surface area contributed by atoms with Crippen molar-refractivity contribution >= 4 is 11.7 Å². The first-order valence-electron chi connectivity index (χ1n) is 7.14. The number of nitrogens with one attached hydrogen (secondary N) is 1. The van der Waals surface area contributed by atoms with Crippen molar-refractivity contribution in [1.82, 2.24) is 5.32 Å². The highest BCUT2D eigenvalue weighted by molar-refractivity contribution is 5.95. The summed E-state index contributed by atoms with van der Waals surface area (Å²) in [5, 5.41) is 11.9. The molecule has 0 heterocycles. The largest absolute Gasteiger partial charge is 0.484 e. The fraction of sp³-hybridized carbons (Fsp3) is 0.500. The number of aliphatic hydroxyl groups is 1. The van der Waals surface area contributed by atoms with Crippen molar-refractivity contribution in [2.75, 3.05) is 13.2 Å². The van der Waals surface area contributed by atoms with Gasteiger partial charge in [-0.2, -0.15) is 0 Å². The van der Waals surface area contributed by atoms with Crippen LogP contribution >= 0.6 is 0 Å². The molecule has 0 aliphatic carbocycles. The van der Waals surface area contributed by atoms with E-state index in [9.17, 15) is 9.59 Å². The number of ether oxygens (including phenoxy) is 1. The van der Waals surface area contributed by atoms with E-state index in [0.717, 1.165) is 0 Å². The number of carbonyl (C=O) groups excluding carboxylic acids is 2. The molecule has 0 radical (unpaired) electrons. The molecule has 0 fully saturated rings. The molecule has 1 rings (SSSR count). The molecule has 21 heavy (non-hydrogen) atoms. The molecule has 0 saturated heterocycles. The Hall–Kier alpha value is -1.88. The quantitative estimate of drug-likeness (QED) is 0.717. The highest BCUT2D eigenvalue weighted by atomic mass is 16.5. The third-order valence-corrected chi connectivity index (χ3v) is 3.22. The Morgan fingerprint density at radius 3 is 2.33 bits per heavy atom. The molecule has 1 atom stereocenters. The van der Waals surface area contributed by atoms with E-state index in [-0.39, 0.29) is 36.9 Å². The van der Waals surface area contributed by atoms with Gasteiger partial charge in [-0.1, -0.05) is 20.8 Å². The second kappa shape index (κ2) is 8.42. The van der Waals surface area contributed by atoms with Crippen LogP contribution in [0, 0.1) is 5.92 Å². The van der Waals surface area contributed by atoms with E-state index in [0.29, 0.717) is 17.7 Å². The molecule has 0 aliphatic heterocycles. The summed E-state index contributed by atoms with van der Waals surface area (Å²) < 4.78 is 5.36. The lowest BCUT2D eigenvalue weighted by molar-refractivity contribution is -0.124. The predicted octanol–water partition coefficient (Wildman–Crippen LogP) is 1.79. The summed E-state index contributed by atoms with van der Waals surface area (Å²) >= 11 is 0.